The van der Waals surface area contributed by atoms with E-state index in [2.05, 4.69) is 4.99 Å². The lowest BCUT2D eigenvalue weighted by molar-refractivity contribution is -0.147. The van der Waals surface area contributed by atoms with Crippen LogP contribution in [-0.2, 0) is 14.4 Å². The topological polar surface area (TPSA) is 104 Å². The first-order valence-electron chi connectivity index (χ1n) is 8.57. The van der Waals surface area contributed by atoms with E-state index in [-0.39, 0.29) is 11.5 Å². The van der Waals surface area contributed by atoms with Gasteiger partial charge in [0, 0.05) is 22.9 Å². The zero-order valence-corrected chi connectivity index (χ0v) is 14.9. The maximum atomic E-state index is 13.1. The molecule has 0 radical (unpaired) electrons. The van der Waals surface area contributed by atoms with Gasteiger partial charge in [-0.3, -0.25) is 19.4 Å². The van der Waals surface area contributed by atoms with Gasteiger partial charge in [0.2, 0.25) is 0 Å². The summed E-state index contributed by atoms with van der Waals surface area (Å²) in [5.74, 6) is -6.00. The number of carbonyl (C=O) groups is 3. The van der Waals surface area contributed by atoms with Gasteiger partial charge in [0.25, 0.3) is 0 Å². The van der Waals surface area contributed by atoms with E-state index in [1.54, 1.807) is 26.0 Å². The Bertz CT molecular complexity index is 867. The molecule has 4 unspecified atom stereocenters. The van der Waals surface area contributed by atoms with Crippen LogP contribution in [0.25, 0.3) is 0 Å². The molecule has 2 aliphatic rings. The lowest BCUT2D eigenvalue weighted by atomic mass is 9.66. The van der Waals surface area contributed by atoms with Crippen molar-refractivity contribution in [3.63, 3.8) is 0 Å². The van der Waals surface area contributed by atoms with Gasteiger partial charge in [-0.25, -0.2) is 0 Å². The summed E-state index contributed by atoms with van der Waals surface area (Å²) < 4.78 is 0. The number of benzene rings is 1. The van der Waals surface area contributed by atoms with Crippen molar-refractivity contribution >= 4 is 23.4 Å². The van der Waals surface area contributed by atoms with Crippen LogP contribution in [0.5, 0.6) is 0 Å². The number of allylic oxidation sites excluding steroid dienone is 2. The molecule has 6 heteroatoms. The number of Topliss-reactive ketones (excluding diaryl/α,β-unsaturated/α-hetero) is 1. The van der Waals surface area contributed by atoms with Crippen LogP contribution in [0.2, 0.25) is 0 Å². The van der Waals surface area contributed by atoms with Gasteiger partial charge in [-0.15, -0.1) is 0 Å². The Morgan fingerprint density at radius 3 is 2.27 bits per heavy atom. The highest BCUT2D eigenvalue weighted by molar-refractivity contribution is 6.13. The minimum Gasteiger partial charge on any atom is -0.481 e. The number of nitrogens with zero attached hydrogens (tertiary/aromatic N) is 1. The van der Waals surface area contributed by atoms with Crippen LogP contribution in [0.4, 0.5) is 0 Å². The fourth-order valence-electron chi connectivity index (χ4n) is 4.18. The smallest absolute Gasteiger partial charge is 0.314 e. The Morgan fingerprint density at radius 2 is 1.69 bits per heavy atom. The first-order valence-corrected chi connectivity index (χ1v) is 8.57. The Morgan fingerprint density at radius 1 is 1.08 bits per heavy atom. The van der Waals surface area contributed by atoms with Crippen molar-refractivity contribution in [2.45, 2.75) is 33.1 Å². The van der Waals surface area contributed by atoms with Crippen molar-refractivity contribution in [3.05, 3.63) is 46.7 Å². The molecule has 0 saturated heterocycles. The highest BCUT2D eigenvalue weighted by Crippen LogP contribution is 2.46. The van der Waals surface area contributed by atoms with Crippen LogP contribution in [0.3, 0.4) is 0 Å². The highest BCUT2D eigenvalue weighted by Gasteiger charge is 2.48. The van der Waals surface area contributed by atoms with E-state index in [0.717, 1.165) is 11.1 Å². The molecule has 1 heterocycles. The molecule has 1 aliphatic carbocycles. The number of carboxylic acids is 2. The van der Waals surface area contributed by atoms with Crippen molar-refractivity contribution in [1.82, 2.24) is 0 Å². The summed E-state index contributed by atoms with van der Waals surface area (Å²) in [7, 11) is 0. The Hall–Kier alpha value is -2.76. The van der Waals surface area contributed by atoms with Gasteiger partial charge in [0.15, 0.2) is 5.78 Å². The van der Waals surface area contributed by atoms with Crippen molar-refractivity contribution in [3.8, 4) is 0 Å². The van der Waals surface area contributed by atoms with E-state index in [4.69, 9.17) is 0 Å². The molecule has 3 rings (SSSR count). The third-order valence-electron chi connectivity index (χ3n) is 5.40. The lowest BCUT2D eigenvalue weighted by Gasteiger charge is -2.37. The van der Waals surface area contributed by atoms with Gasteiger partial charge >= 0.3 is 11.9 Å². The van der Waals surface area contributed by atoms with Gasteiger partial charge in [-0.05, 0) is 37.3 Å². The second-order valence-corrected chi connectivity index (χ2v) is 7.13. The molecule has 26 heavy (non-hydrogen) atoms. The standard InChI is InChI=1S/C20H21NO5/c1-9-6-4-5-7-12(9)16-15(20(25)26)11(3)21-13-8-10(2)14(19(23)24)18(22)17(13)16/h4-7,10,14-16H,8H2,1-3H3,(H,23,24)(H,25,26). The number of rotatable bonds is 3. The molecule has 0 bridgehead atoms. The fourth-order valence-corrected chi connectivity index (χ4v) is 4.18. The lowest BCUT2D eigenvalue weighted by Crippen LogP contribution is -2.42. The van der Waals surface area contributed by atoms with Gasteiger partial charge in [0.1, 0.15) is 11.8 Å². The van der Waals surface area contributed by atoms with Gasteiger partial charge in [0.05, 0.1) is 0 Å². The zero-order chi connectivity index (χ0) is 19.2. The molecule has 1 aromatic rings. The molecule has 0 saturated carbocycles. The molecule has 1 aliphatic heterocycles. The van der Waals surface area contributed by atoms with Crippen molar-refractivity contribution in [2.75, 3.05) is 0 Å². The number of hydrogen-bond donors (Lipinski definition) is 2. The molecule has 6 nitrogen and oxygen atoms in total. The summed E-state index contributed by atoms with van der Waals surface area (Å²) in [4.78, 5) is 41.1. The fraction of sp³-hybridized carbons (Fsp3) is 0.400. The average molecular weight is 355 g/mol. The number of aliphatic carboxylic acids is 2. The van der Waals surface area contributed by atoms with Crippen molar-refractivity contribution in [1.29, 1.82) is 0 Å². The van der Waals surface area contributed by atoms with E-state index < -0.39 is 35.5 Å². The van der Waals surface area contributed by atoms with Gasteiger partial charge in [-0.1, -0.05) is 31.2 Å². The van der Waals surface area contributed by atoms with Gasteiger partial charge in [-0.2, -0.15) is 0 Å². The predicted octanol–water partition coefficient (Wildman–Crippen LogP) is 2.82. The Labute approximate surface area is 151 Å². The molecular formula is C20H21NO5. The van der Waals surface area contributed by atoms with Crippen molar-refractivity contribution < 1.29 is 24.6 Å². The molecule has 1 aromatic carbocycles. The summed E-state index contributed by atoms with van der Waals surface area (Å²) in [5.41, 5.74) is 2.82. The van der Waals surface area contributed by atoms with Crippen LogP contribution in [0, 0.1) is 24.7 Å². The molecule has 136 valence electrons. The molecule has 0 aromatic heterocycles. The molecule has 2 N–H and O–H groups in total. The molecule has 0 amide bonds. The maximum absolute atomic E-state index is 13.1. The van der Waals surface area contributed by atoms with E-state index in [0.29, 0.717) is 17.8 Å². The number of aryl methyl sites for hydroxylation is 1. The van der Waals surface area contributed by atoms with E-state index in [9.17, 15) is 24.6 Å². The Balaban J connectivity index is 2.25. The number of carboxylic acid groups (broad SMARTS) is 2. The number of carbonyl (C=O) groups excluding carboxylic acids is 1. The third-order valence-corrected chi connectivity index (χ3v) is 5.40. The van der Waals surface area contributed by atoms with Crippen molar-refractivity contribution in [2.24, 2.45) is 22.7 Å². The molecule has 0 spiro atoms. The average Bonchev–Trinajstić information content (AvgIpc) is 2.53. The summed E-state index contributed by atoms with van der Waals surface area (Å²) in [6.07, 6.45) is 0.351. The minimum absolute atomic E-state index is 0.253. The van der Waals surface area contributed by atoms with Crippen LogP contribution in [0.15, 0.2) is 40.5 Å². The first-order chi connectivity index (χ1) is 12.2. The van der Waals surface area contributed by atoms with Crippen LogP contribution < -0.4 is 0 Å². The second kappa shape index (κ2) is 6.52. The maximum Gasteiger partial charge on any atom is 0.314 e. The summed E-state index contributed by atoms with van der Waals surface area (Å²) in [5, 5.41) is 19.3. The molecule has 4 atom stereocenters. The highest BCUT2D eigenvalue weighted by atomic mass is 16.4. The summed E-state index contributed by atoms with van der Waals surface area (Å²) >= 11 is 0. The predicted molar refractivity (Wildman–Crippen MR) is 95.1 cm³/mol. The minimum atomic E-state index is -1.17. The van der Waals surface area contributed by atoms with E-state index in [1.807, 2.05) is 19.1 Å². The number of hydrogen-bond acceptors (Lipinski definition) is 4. The van der Waals surface area contributed by atoms with Crippen LogP contribution >= 0.6 is 0 Å². The third kappa shape index (κ3) is 2.75. The monoisotopic (exact) mass is 355 g/mol. The summed E-state index contributed by atoms with van der Waals surface area (Å²) in [6, 6.07) is 7.31. The first kappa shape index (κ1) is 18.0. The van der Waals surface area contributed by atoms with E-state index in [1.165, 1.54) is 0 Å². The normalized spacial score (nSPS) is 28.4. The number of aliphatic imine (C=N–C) groups is 1. The van der Waals surface area contributed by atoms with E-state index >= 15 is 0 Å². The van der Waals surface area contributed by atoms with Gasteiger partial charge < -0.3 is 10.2 Å². The molecule has 0 fully saturated rings. The quantitative estimate of drug-likeness (QED) is 0.811. The Kier molecular flexibility index (Phi) is 4.52. The number of ketones is 1. The van der Waals surface area contributed by atoms with Crippen LogP contribution in [0.1, 0.15) is 37.3 Å². The molecular weight excluding hydrogens is 334 g/mol. The second-order valence-electron chi connectivity index (χ2n) is 7.13. The largest absolute Gasteiger partial charge is 0.481 e. The zero-order valence-electron chi connectivity index (χ0n) is 14.9. The van der Waals surface area contributed by atoms with Crippen LogP contribution in [-0.4, -0.2) is 33.6 Å². The summed E-state index contributed by atoms with van der Waals surface area (Å²) in [6.45, 7) is 5.24. The SMILES string of the molecule is CC1=NC2=C(C(=O)C(C(=O)O)C(C)C2)C(c2ccccc2C)C1C(=O)O.